The van der Waals surface area contributed by atoms with Crippen LogP contribution in [0.3, 0.4) is 0 Å². The van der Waals surface area contributed by atoms with Crippen molar-refractivity contribution >= 4 is 5.91 Å². The lowest BCUT2D eigenvalue weighted by Gasteiger charge is -2.18. The summed E-state index contributed by atoms with van der Waals surface area (Å²) in [5.74, 6) is -0.705. The van der Waals surface area contributed by atoms with Crippen molar-refractivity contribution in [3.8, 4) is 11.5 Å². The minimum atomic E-state index is -3.07. The Kier molecular flexibility index (Phi) is 6.21. The summed E-state index contributed by atoms with van der Waals surface area (Å²) >= 11 is 0. The number of aromatic nitrogens is 1. The van der Waals surface area contributed by atoms with E-state index in [-0.39, 0.29) is 23.1 Å². The van der Waals surface area contributed by atoms with Crippen LogP contribution in [0.15, 0.2) is 47.6 Å². The highest BCUT2D eigenvalue weighted by Gasteiger charge is 2.22. The first-order valence-corrected chi connectivity index (χ1v) is 8.98. The standard InChI is InChI=1S/C20H22F2N2O3/c1-26-16-11-7-10-15(18(16)27-20(21)22)19(25)24-13-6-5-12-17(24)23-14-8-3-2-4-9-14/h5-7,10-14,20H,2-4,8-9H2,1H3. The van der Waals surface area contributed by atoms with Gasteiger partial charge in [-0.15, -0.1) is 0 Å². The van der Waals surface area contributed by atoms with Crippen molar-refractivity contribution < 1.29 is 23.0 Å². The Morgan fingerprint density at radius 1 is 1.15 bits per heavy atom. The molecule has 2 aromatic rings. The molecule has 0 aliphatic heterocycles. The minimum Gasteiger partial charge on any atom is -0.493 e. The number of hydrogen-bond donors (Lipinski definition) is 0. The fraction of sp³-hybridized carbons (Fsp3) is 0.400. The molecular formula is C20H22F2N2O3. The number of carbonyl (C=O) groups is 1. The van der Waals surface area contributed by atoms with E-state index in [9.17, 15) is 13.6 Å². The summed E-state index contributed by atoms with van der Waals surface area (Å²) in [7, 11) is 1.33. The second-order valence-electron chi connectivity index (χ2n) is 6.37. The van der Waals surface area contributed by atoms with E-state index in [0.29, 0.717) is 5.49 Å². The van der Waals surface area contributed by atoms with Gasteiger partial charge in [-0.1, -0.05) is 31.4 Å². The van der Waals surface area contributed by atoms with E-state index in [1.807, 2.05) is 0 Å². The van der Waals surface area contributed by atoms with Gasteiger partial charge in [0.15, 0.2) is 11.5 Å². The summed E-state index contributed by atoms with van der Waals surface area (Å²) in [4.78, 5) is 17.8. The zero-order chi connectivity index (χ0) is 19.2. The lowest BCUT2D eigenvalue weighted by Crippen LogP contribution is -2.29. The SMILES string of the molecule is COc1cccc(C(=O)n2ccccc2=NC2CCCCC2)c1OC(F)F. The number of benzene rings is 1. The number of nitrogens with zero attached hydrogens (tertiary/aromatic N) is 2. The van der Waals surface area contributed by atoms with E-state index < -0.39 is 12.5 Å². The van der Waals surface area contributed by atoms with Crippen LogP contribution in [0.2, 0.25) is 0 Å². The van der Waals surface area contributed by atoms with E-state index in [2.05, 4.69) is 4.74 Å². The molecule has 0 amide bonds. The Labute approximate surface area is 156 Å². The zero-order valence-electron chi connectivity index (χ0n) is 15.1. The van der Waals surface area contributed by atoms with E-state index in [4.69, 9.17) is 9.73 Å². The van der Waals surface area contributed by atoms with Crippen LogP contribution in [0.25, 0.3) is 0 Å². The predicted molar refractivity (Wildman–Crippen MR) is 96.2 cm³/mol. The molecule has 1 heterocycles. The number of methoxy groups -OCH3 is 1. The quantitative estimate of drug-likeness (QED) is 0.792. The number of para-hydroxylation sites is 1. The first-order chi connectivity index (χ1) is 13.1. The van der Waals surface area contributed by atoms with Crippen molar-refractivity contribution in [1.29, 1.82) is 0 Å². The molecule has 5 nitrogen and oxygen atoms in total. The highest BCUT2D eigenvalue weighted by Crippen LogP contribution is 2.32. The van der Waals surface area contributed by atoms with Gasteiger partial charge in [0.05, 0.1) is 18.7 Å². The lowest BCUT2D eigenvalue weighted by molar-refractivity contribution is -0.0515. The highest BCUT2D eigenvalue weighted by atomic mass is 19.3. The highest BCUT2D eigenvalue weighted by molar-refractivity contribution is 5.99. The smallest absolute Gasteiger partial charge is 0.387 e. The summed E-state index contributed by atoms with van der Waals surface area (Å²) in [5.41, 5.74) is 0.492. The number of carbonyl (C=O) groups excluding carboxylic acids is 1. The number of pyridine rings is 1. The van der Waals surface area contributed by atoms with Crippen LogP contribution in [0.4, 0.5) is 8.78 Å². The van der Waals surface area contributed by atoms with Gasteiger partial charge >= 0.3 is 6.61 Å². The van der Waals surface area contributed by atoms with Gasteiger partial charge in [-0.3, -0.25) is 14.4 Å². The Morgan fingerprint density at radius 2 is 1.93 bits per heavy atom. The molecule has 3 rings (SSSR count). The molecule has 0 saturated heterocycles. The van der Waals surface area contributed by atoms with Gasteiger partial charge in [0.1, 0.15) is 5.49 Å². The molecule has 1 aliphatic carbocycles. The van der Waals surface area contributed by atoms with Crippen LogP contribution in [-0.2, 0) is 0 Å². The summed E-state index contributed by atoms with van der Waals surface area (Å²) in [5, 5.41) is 0. The van der Waals surface area contributed by atoms with E-state index in [1.54, 1.807) is 30.5 Å². The van der Waals surface area contributed by atoms with Crippen molar-refractivity contribution in [1.82, 2.24) is 4.57 Å². The molecule has 0 bridgehead atoms. The fourth-order valence-electron chi connectivity index (χ4n) is 3.29. The number of rotatable bonds is 5. The van der Waals surface area contributed by atoms with Gasteiger partial charge in [0.2, 0.25) is 0 Å². The van der Waals surface area contributed by atoms with Crippen molar-refractivity contribution in [3.05, 3.63) is 53.6 Å². The Balaban J connectivity index is 2.03. The lowest BCUT2D eigenvalue weighted by atomic mass is 9.96. The maximum Gasteiger partial charge on any atom is 0.387 e. The molecule has 1 fully saturated rings. The van der Waals surface area contributed by atoms with Crippen molar-refractivity contribution in [3.63, 3.8) is 0 Å². The van der Waals surface area contributed by atoms with Crippen LogP contribution in [0.5, 0.6) is 11.5 Å². The van der Waals surface area contributed by atoms with E-state index in [1.165, 1.54) is 30.2 Å². The molecule has 0 atom stereocenters. The minimum absolute atomic E-state index is 0.00839. The number of halogens is 2. The third-order valence-corrected chi connectivity index (χ3v) is 4.58. The second-order valence-corrected chi connectivity index (χ2v) is 6.37. The molecular weight excluding hydrogens is 354 g/mol. The summed E-state index contributed by atoms with van der Waals surface area (Å²) in [6.45, 7) is -3.07. The maximum atomic E-state index is 13.1. The number of ether oxygens (including phenoxy) is 2. The summed E-state index contributed by atoms with van der Waals surface area (Å²) in [6, 6.07) is 9.89. The normalized spacial score (nSPS) is 15.8. The molecule has 27 heavy (non-hydrogen) atoms. The first kappa shape index (κ1) is 19.1. The topological polar surface area (TPSA) is 52.8 Å². The van der Waals surface area contributed by atoms with Crippen LogP contribution >= 0.6 is 0 Å². The third kappa shape index (κ3) is 4.53. The van der Waals surface area contributed by atoms with Gasteiger partial charge in [-0.05, 0) is 37.1 Å². The molecule has 1 saturated carbocycles. The van der Waals surface area contributed by atoms with Crippen LogP contribution < -0.4 is 15.0 Å². The molecule has 0 spiro atoms. The number of alkyl halides is 2. The Hall–Kier alpha value is -2.70. The van der Waals surface area contributed by atoms with Crippen molar-refractivity contribution in [2.45, 2.75) is 44.8 Å². The third-order valence-electron chi connectivity index (χ3n) is 4.58. The molecule has 0 radical (unpaired) electrons. The van der Waals surface area contributed by atoms with Crippen molar-refractivity contribution in [2.24, 2.45) is 4.99 Å². The Bertz CT molecular complexity index is 858. The molecule has 0 N–H and O–H groups in total. The number of hydrogen-bond acceptors (Lipinski definition) is 4. The van der Waals surface area contributed by atoms with Crippen molar-refractivity contribution in [2.75, 3.05) is 7.11 Å². The van der Waals surface area contributed by atoms with Crippen LogP contribution in [0, 0.1) is 0 Å². The van der Waals surface area contributed by atoms with Crippen LogP contribution in [-0.4, -0.2) is 30.2 Å². The van der Waals surface area contributed by atoms with Gasteiger partial charge in [-0.2, -0.15) is 8.78 Å². The van der Waals surface area contributed by atoms with E-state index >= 15 is 0 Å². The molecule has 1 aliphatic rings. The molecule has 7 heteroatoms. The fourth-order valence-corrected chi connectivity index (χ4v) is 3.29. The maximum absolute atomic E-state index is 13.1. The van der Waals surface area contributed by atoms with Crippen LogP contribution in [0.1, 0.15) is 42.5 Å². The second kappa shape index (κ2) is 8.79. The largest absolute Gasteiger partial charge is 0.493 e. The molecule has 144 valence electrons. The predicted octanol–water partition coefficient (Wildman–Crippen LogP) is 4.02. The molecule has 0 unspecified atom stereocenters. The monoisotopic (exact) mass is 376 g/mol. The first-order valence-electron chi connectivity index (χ1n) is 8.98. The summed E-state index contributed by atoms with van der Waals surface area (Å²) in [6.07, 6.45) is 7.01. The van der Waals surface area contributed by atoms with E-state index in [0.717, 1.165) is 25.7 Å². The van der Waals surface area contributed by atoms with Gasteiger partial charge < -0.3 is 9.47 Å². The van der Waals surface area contributed by atoms with Gasteiger partial charge in [0, 0.05) is 6.20 Å². The summed E-state index contributed by atoms with van der Waals surface area (Å²) < 4.78 is 36.7. The van der Waals surface area contributed by atoms with Gasteiger partial charge in [-0.25, -0.2) is 0 Å². The molecule has 1 aromatic heterocycles. The average Bonchev–Trinajstić information content (AvgIpc) is 2.68. The average molecular weight is 376 g/mol. The Morgan fingerprint density at radius 3 is 2.63 bits per heavy atom. The van der Waals surface area contributed by atoms with Gasteiger partial charge in [0.25, 0.3) is 5.91 Å². The molecule has 1 aromatic carbocycles. The zero-order valence-corrected chi connectivity index (χ0v) is 15.1.